The molecular formula is C25H27N5O. The van der Waals surface area contributed by atoms with Crippen LogP contribution in [0.25, 0.3) is 11.5 Å². The summed E-state index contributed by atoms with van der Waals surface area (Å²) >= 11 is 0. The summed E-state index contributed by atoms with van der Waals surface area (Å²) in [5, 5.41) is 3.55. The smallest absolute Gasteiger partial charge is 0.223 e. The number of nitrogens with zero attached hydrogens (tertiary/aromatic N) is 4. The van der Waals surface area contributed by atoms with Gasteiger partial charge in [-0.25, -0.2) is 9.97 Å². The van der Waals surface area contributed by atoms with Gasteiger partial charge in [0.25, 0.3) is 0 Å². The lowest BCUT2D eigenvalue weighted by atomic mass is 10.1. The molecule has 1 atom stereocenters. The predicted octanol–water partition coefficient (Wildman–Crippen LogP) is 3.53. The van der Waals surface area contributed by atoms with Gasteiger partial charge in [-0.15, -0.1) is 0 Å². The maximum absolute atomic E-state index is 12.5. The first-order chi connectivity index (χ1) is 15.3. The Morgan fingerprint density at radius 2 is 1.90 bits per heavy atom. The maximum atomic E-state index is 12.5. The van der Waals surface area contributed by atoms with Crippen LogP contribution in [0.3, 0.4) is 0 Å². The Bertz CT molecular complexity index is 1050. The van der Waals surface area contributed by atoms with Crippen molar-refractivity contribution in [3.05, 3.63) is 71.5 Å². The molecule has 0 bridgehead atoms. The monoisotopic (exact) mass is 413 g/mol. The zero-order valence-corrected chi connectivity index (χ0v) is 17.6. The summed E-state index contributed by atoms with van der Waals surface area (Å²) in [6.45, 7) is 2.34. The largest absolute Gasteiger partial charge is 0.369 e. The Balaban J connectivity index is 1.24. The molecule has 6 nitrogen and oxygen atoms in total. The maximum Gasteiger partial charge on any atom is 0.223 e. The van der Waals surface area contributed by atoms with E-state index in [2.05, 4.69) is 22.4 Å². The summed E-state index contributed by atoms with van der Waals surface area (Å²) in [7, 11) is 0. The molecule has 1 aliphatic heterocycles. The van der Waals surface area contributed by atoms with Crippen LogP contribution in [0.5, 0.6) is 0 Å². The molecule has 1 aromatic carbocycles. The number of likely N-dealkylation sites (tertiary alicyclic amines) is 1. The topological polar surface area (TPSA) is 71.0 Å². The Morgan fingerprint density at radius 1 is 1.03 bits per heavy atom. The molecule has 2 aromatic heterocycles. The van der Waals surface area contributed by atoms with E-state index >= 15 is 0 Å². The quantitative estimate of drug-likeness (QED) is 0.642. The number of carbonyl (C=O) groups is 1. The number of rotatable bonds is 7. The van der Waals surface area contributed by atoms with Gasteiger partial charge in [0, 0.05) is 49.4 Å². The lowest BCUT2D eigenvalue weighted by molar-refractivity contribution is -0.127. The first-order valence-electron chi connectivity index (χ1n) is 11.1. The van der Waals surface area contributed by atoms with E-state index in [9.17, 15) is 4.79 Å². The van der Waals surface area contributed by atoms with Crippen molar-refractivity contribution >= 4 is 11.7 Å². The molecule has 3 heterocycles. The number of aromatic nitrogens is 3. The highest BCUT2D eigenvalue weighted by Crippen LogP contribution is 2.29. The van der Waals surface area contributed by atoms with E-state index in [0.717, 1.165) is 62.5 Å². The van der Waals surface area contributed by atoms with Crippen molar-refractivity contribution < 1.29 is 4.79 Å². The average molecular weight is 414 g/mol. The van der Waals surface area contributed by atoms with Crippen LogP contribution in [0.4, 0.5) is 5.82 Å². The number of aryl methyl sites for hydroxylation is 1. The van der Waals surface area contributed by atoms with Crippen LogP contribution in [0.1, 0.15) is 29.7 Å². The molecule has 1 saturated heterocycles. The minimum absolute atomic E-state index is 0.254. The number of anilines is 1. The van der Waals surface area contributed by atoms with E-state index in [4.69, 9.17) is 9.97 Å². The van der Waals surface area contributed by atoms with Gasteiger partial charge in [0.05, 0.1) is 0 Å². The number of amides is 1. The zero-order chi connectivity index (χ0) is 21.0. The molecule has 5 rings (SSSR count). The van der Waals surface area contributed by atoms with Crippen molar-refractivity contribution in [1.29, 1.82) is 0 Å². The van der Waals surface area contributed by atoms with Crippen molar-refractivity contribution in [3.8, 4) is 11.5 Å². The third-order valence-electron chi connectivity index (χ3n) is 6.19. The summed E-state index contributed by atoms with van der Waals surface area (Å²) in [6, 6.07) is 16.2. The number of benzene rings is 1. The molecular weight excluding hydrogens is 386 g/mol. The summed E-state index contributed by atoms with van der Waals surface area (Å²) in [4.78, 5) is 28.5. The molecule has 1 fully saturated rings. The first-order valence-corrected chi connectivity index (χ1v) is 11.1. The van der Waals surface area contributed by atoms with Crippen LogP contribution >= 0.6 is 0 Å². The fourth-order valence-electron chi connectivity index (χ4n) is 4.54. The summed E-state index contributed by atoms with van der Waals surface area (Å²) < 4.78 is 0. The normalized spacial score (nSPS) is 17.7. The summed E-state index contributed by atoms with van der Waals surface area (Å²) in [5.41, 5.74) is 4.42. The Labute approximate surface area is 182 Å². The van der Waals surface area contributed by atoms with Gasteiger partial charge in [-0.1, -0.05) is 36.4 Å². The molecule has 3 aromatic rings. The molecule has 0 spiro atoms. The highest BCUT2D eigenvalue weighted by atomic mass is 16.2. The van der Waals surface area contributed by atoms with E-state index in [1.165, 1.54) is 11.1 Å². The van der Waals surface area contributed by atoms with Crippen molar-refractivity contribution in [3.63, 3.8) is 0 Å². The average Bonchev–Trinajstić information content (AvgIpc) is 3.43. The Kier molecular flexibility index (Phi) is 5.61. The van der Waals surface area contributed by atoms with E-state index in [1.54, 1.807) is 6.20 Å². The molecule has 6 heteroatoms. The molecule has 1 aliphatic carbocycles. The van der Waals surface area contributed by atoms with Gasteiger partial charge in [0.1, 0.15) is 11.5 Å². The molecule has 1 amide bonds. The van der Waals surface area contributed by atoms with Gasteiger partial charge in [-0.3, -0.25) is 9.78 Å². The predicted molar refractivity (Wildman–Crippen MR) is 121 cm³/mol. The van der Waals surface area contributed by atoms with Gasteiger partial charge in [0.2, 0.25) is 5.91 Å². The Hall–Kier alpha value is -3.28. The molecule has 31 heavy (non-hydrogen) atoms. The number of hydrogen-bond donors (Lipinski definition) is 1. The number of nitrogens with one attached hydrogen (secondary N) is 1. The number of fused-ring (bicyclic) bond motifs is 1. The minimum Gasteiger partial charge on any atom is -0.369 e. The van der Waals surface area contributed by atoms with Crippen molar-refractivity contribution in [2.75, 3.05) is 25.0 Å². The fourth-order valence-corrected chi connectivity index (χ4v) is 4.54. The van der Waals surface area contributed by atoms with Crippen molar-refractivity contribution in [2.24, 2.45) is 5.92 Å². The standard InChI is InChI=1S/C25H27N5O/c31-23-15-19(17-30(23)14-12-18-7-2-1-3-8-18)16-27-24-20-9-6-11-21(20)28-25(29-24)22-10-4-5-13-26-22/h1-5,7-8,10,13,19H,6,9,11-12,14-17H2,(H,27,28,29). The molecule has 1 N–H and O–H groups in total. The second kappa shape index (κ2) is 8.84. The van der Waals surface area contributed by atoms with Crippen LogP contribution in [-0.2, 0) is 24.1 Å². The number of pyridine rings is 1. The van der Waals surface area contributed by atoms with Crippen LogP contribution < -0.4 is 5.32 Å². The lowest BCUT2D eigenvalue weighted by Gasteiger charge is -2.18. The zero-order valence-electron chi connectivity index (χ0n) is 17.6. The van der Waals surface area contributed by atoms with E-state index < -0.39 is 0 Å². The second-order valence-corrected chi connectivity index (χ2v) is 8.42. The highest BCUT2D eigenvalue weighted by molar-refractivity contribution is 5.78. The van der Waals surface area contributed by atoms with Gasteiger partial charge >= 0.3 is 0 Å². The van der Waals surface area contributed by atoms with Gasteiger partial charge in [-0.05, 0) is 43.4 Å². The molecule has 1 unspecified atom stereocenters. The fraction of sp³-hybridized carbons (Fsp3) is 0.360. The molecule has 0 radical (unpaired) electrons. The van der Waals surface area contributed by atoms with Gasteiger partial charge in [0.15, 0.2) is 5.82 Å². The first kappa shape index (κ1) is 19.7. The van der Waals surface area contributed by atoms with E-state index in [-0.39, 0.29) is 5.91 Å². The molecule has 0 saturated carbocycles. The lowest BCUT2D eigenvalue weighted by Crippen LogP contribution is -2.28. The second-order valence-electron chi connectivity index (χ2n) is 8.42. The molecule has 158 valence electrons. The highest BCUT2D eigenvalue weighted by Gasteiger charge is 2.29. The van der Waals surface area contributed by atoms with Crippen molar-refractivity contribution in [1.82, 2.24) is 19.9 Å². The van der Waals surface area contributed by atoms with Crippen LogP contribution in [0.15, 0.2) is 54.7 Å². The third-order valence-corrected chi connectivity index (χ3v) is 6.19. The SMILES string of the molecule is O=C1CC(CNc2nc(-c3ccccn3)nc3c2CCC3)CN1CCc1ccccc1. The third kappa shape index (κ3) is 4.43. The summed E-state index contributed by atoms with van der Waals surface area (Å²) in [6.07, 6.45) is 6.38. The van der Waals surface area contributed by atoms with E-state index in [0.29, 0.717) is 18.2 Å². The van der Waals surface area contributed by atoms with Gasteiger partial charge in [-0.2, -0.15) is 0 Å². The van der Waals surface area contributed by atoms with Crippen molar-refractivity contribution in [2.45, 2.75) is 32.1 Å². The molecule has 2 aliphatic rings. The Morgan fingerprint density at radius 3 is 2.74 bits per heavy atom. The van der Waals surface area contributed by atoms with E-state index in [1.807, 2.05) is 41.3 Å². The van der Waals surface area contributed by atoms with Crippen LogP contribution in [0.2, 0.25) is 0 Å². The number of hydrogen-bond acceptors (Lipinski definition) is 5. The van der Waals surface area contributed by atoms with Crippen LogP contribution in [0, 0.1) is 5.92 Å². The van der Waals surface area contributed by atoms with Crippen LogP contribution in [-0.4, -0.2) is 45.4 Å². The van der Waals surface area contributed by atoms with Gasteiger partial charge < -0.3 is 10.2 Å². The number of carbonyl (C=O) groups excluding carboxylic acids is 1. The minimum atomic E-state index is 0.254. The summed E-state index contributed by atoms with van der Waals surface area (Å²) in [5.74, 6) is 2.15.